The topological polar surface area (TPSA) is 130 Å². The summed E-state index contributed by atoms with van der Waals surface area (Å²) in [5, 5.41) is 16.2. The number of pyridine rings is 1. The monoisotopic (exact) mass is 572 g/mol. The Morgan fingerprint density at radius 3 is 2.71 bits per heavy atom. The van der Waals surface area contributed by atoms with Gasteiger partial charge in [0.05, 0.1) is 24.9 Å². The van der Waals surface area contributed by atoms with E-state index in [2.05, 4.69) is 10.6 Å². The molecule has 0 saturated heterocycles. The molecular weight excluding hydrogens is 536 g/mol. The van der Waals surface area contributed by atoms with Crippen LogP contribution in [0.15, 0.2) is 66.7 Å². The van der Waals surface area contributed by atoms with Crippen molar-refractivity contribution in [1.82, 2.24) is 20.5 Å². The van der Waals surface area contributed by atoms with Crippen LogP contribution in [0.4, 0.5) is 4.79 Å². The van der Waals surface area contributed by atoms with E-state index < -0.39 is 29.5 Å². The highest BCUT2D eigenvalue weighted by Gasteiger charge is 2.60. The molecule has 3 aromatic rings. The van der Waals surface area contributed by atoms with Crippen molar-refractivity contribution in [2.24, 2.45) is 5.92 Å². The lowest BCUT2D eigenvalue weighted by Crippen LogP contribution is -2.55. The standard InChI is InChI=1S/C32H36N4O6/c1-36-16-9-4-3-8-12-22-20-32(22,30(38)39)35-29(37)25(34-31(36)40)15-17-42-28-19-26(21-10-6-5-7-11-21)33-27-18-23(41-2)13-14-24(27)28/h5-8,10-14,18-19,22,25H,3-4,9,15-17,20H2,1-2H3,(H,34,40)(H,35,37)(H,38,39)/b12-8-/t22?,25?,32-/m1/s1. The predicted octanol–water partition coefficient (Wildman–Crippen LogP) is 4.39. The Kier molecular flexibility index (Phi) is 8.61. The van der Waals surface area contributed by atoms with Gasteiger partial charge in [0.15, 0.2) is 0 Å². The van der Waals surface area contributed by atoms with Gasteiger partial charge in [0.1, 0.15) is 23.1 Å². The van der Waals surface area contributed by atoms with Crippen LogP contribution in [0.5, 0.6) is 11.5 Å². The van der Waals surface area contributed by atoms with Crippen molar-refractivity contribution in [2.75, 3.05) is 27.3 Å². The summed E-state index contributed by atoms with van der Waals surface area (Å²) in [7, 11) is 3.28. The van der Waals surface area contributed by atoms with Gasteiger partial charge in [-0.05, 0) is 37.8 Å². The summed E-state index contributed by atoms with van der Waals surface area (Å²) in [6.07, 6.45) is 6.76. The molecule has 2 aromatic carbocycles. The summed E-state index contributed by atoms with van der Waals surface area (Å²) >= 11 is 0. The maximum atomic E-state index is 13.4. The Labute approximate surface area is 244 Å². The molecule has 1 aromatic heterocycles. The third-order valence-corrected chi connectivity index (χ3v) is 7.90. The van der Waals surface area contributed by atoms with Crippen molar-refractivity contribution in [1.29, 1.82) is 0 Å². The van der Waals surface area contributed by atoms with E-state index >= 15 is 0 Å². The smallest absolute Gasteiger partial charge is 0.330 e. The maximum absolute atomic E-state index is 13.4. The van der Waals surface area contributed by atoms with Crippen molar-refractivity contribution in [3.63, 3.8) is 0 Å². The molecule has 1 aliphatic heterocycles. The van der Waals surface area contributed by atoms with Crippen LogP contribution < -0.4 is 20.1 Å². The van der Waals surface area contributed by atoms with E-state index in [4.69, 9.17) is 14.5 Å². The molecule has 10 nitrogen and oxygen atoms in total. The second kappa shape index (κ2) is 12.5. The molecule has 3 N–H and O–H groups in total. The minimum Gasteiger partial charge on any atom is -0.497 e. The Morgan fingerprint density at radius 1 is 1.14 bits per heavy atom. The number of carboxylic acid groups (broad SMARTS) is 1. The number of methoxy groups -OCH3 is 1. The maximum Gasteiger partial charge on any atom is 0.330 e. The van der Waals surface area contributed by atoms with Gasteiger partial charge in [-0.1, -0.05) is 42.5 Å². The lowest BCUT2D eigenvalue weighted by Gasteiger charge is -2.25. The van der Waals surface area contributed by atoms with Crippen LogP contribution in [0.25, 0.3) is 22.2 Å². The number of aliphatic carboxylic acids is 1. The van der Waals surface area contributed by atoms with Gasteiger partial charge in [0.2, 0.25) is 5.91 Å². The number of hydrogen-bond donors (Lipinski definition) is 3. The minimum atomic E-state index is -1.36. The van der Waals surface area contributed by atoms with Crippen molar-refractivity contribution < 1.29 is 29.0 Å². The second-order valence-electron chi connectivity index (χ2n) is 10.8. The lowest BCUT2D eigenvalue weighted by molar-refractivity contribution is -0.143. The zero-order valence-corrected chi connectivity index (χ0v) is 23.8. The summed E-state index contributed by atoms with van der Waals surface area (Å²) in [5.74, 6) is -0.683. The quantitative estimate of drug-likeness (QED) is 0.358. The molecule has 1 aliphatic carbocycles. The van der Waals surface area contributed by atoms with Crippen LogP contribution in [0.3, 0.4) is 0 Å². The van der Waals surface area contributed by atoms with Crippen LogP contribution >= 0.6 is 0 Å². The molecule has 0 radical (unpaired) electrons. The minimum absolute atomic E-state index is 0.0882. The molecule has 5 rings (SSSR count). The average molecular weight is 573 g/mol. The van der Waals surface area contributed by atoms with Crippen molar-refractivity contribution >= 4 is 28.8 Å². The number of rotatable bonds is 7. The Balaban J connectivity index is 1.38. The molecule has 42 heavy (non-hydrogen) atoms. The van der Waals surface area contributed by atoms with E-state index in [1.807, 2.05) is 66.7 Å². The number of fused-ring (bicyclic) bond motifs is 2. The van der Waals surface area contributed by atoms with Crippen LogP contribution in [0.2, 0.25) is 0 Å². The highest BCUT2D eigenvalue weighted by molar-refractivity contribution is 5.94. The van der Waals surface area contributed by atoms with Crippen LogP contribution in [0, 0.1) is 5.92 Å². The van der Waals surface area contributed by atoms with Gasteiger partial charge in [0, 0.05) is 49.0 Å². The van der Waals surface area contributed by atoms with Crippen LogP contribution in [-0.4, -0.2) is 71.8 Å². The summed E-state index contributed by atoms with van der Waals surface area (Å²) in [4.78, 5) is 44.9. The van der Waals surface area contributed by atoms with Gasteiger partial charge in [0.25, 0.3) is 0 Å². The molecule has 0 spiro atoms. The van der Waals surface area contributed by atoms with Gasteiger partial charge < -0.3 is 30.1 Å². The summed E-state index contributed by atoms with van der Waals surface area (Å²) in [5.41, 5.74) is 0.957. The fourth-order valence-corrected chi connectivity index (χ4v) is 5.24. The van der Waals surface area contributed by atoms with E-state index in [1.54, 1.807) is 19.1 Å². The van der Waals surface area contributed by atoms with E-state index in [-0.39, 0.29) is 18.9 Å². The lowest BCUT2D eigenvalue weighted by atomic mass is 10.1. The fraction of sp³-hybridized carbons (Fsp3) is 0.375. The average Bonchev–Trinajstić information content (AvgIpc) is 3.71. The summed E-state index contributed by atoms with van der Waals surface area (Å²) in [6, 6.07) is 15.7. The molecular formula is C32H36N4O6. The number of carboxylic acids is 1. The van der Waals surface area contributed by atoms with Gasteiger partial charge in [-0.3, -0.25) is 4.79 Å². The first kappa shape index (κ1) is 28.9. The molecule has 2 heterocycles. The first-order chi connectivity index (χ1) is 20.3. The molecule has 3 atom stereocenters. The summed E-state index contributed by atoms with van der Waals surface area (Å²) in [6.45, 7) is 0.632. The molecule has 3 amide bonds. The number of allylic oxidation sites excluding steroid dienone is 1. The predicted molar refractivity (Wildman–Crippen MR) is 158 cm³/mol. The number of benzene rings is 2. The zero-order chi connectivity index (χ0) is 29.7. The van der Waals surface area contributed by atoms with E-state index in [0.717, 1.165) is 30.2 Å². The number of carbonyl (C=O) groups is 3. The molecule has 0 bridgehead atoms. The number of ether oxygens (including phenoxy) is 2. The normalized spacial score (nSPS) is 23.6. The first-order valence-electron chi connectivity index (χ1n) is 14.2. The third kappa shape index (κ3) is 6.32. The van der Waals surface area contributed by atoms with Crippen molar-refractivity contribution in [2.45, 2.75) is 43.7 Å². The largest absolute Gasteiger partial charge is 0.497 e. The number of nitrogens with zero attached hydrogens (tertiary/aromatic N) is 2. The van der Waals surface area contributed by atoms with E-state index in [0.29, 0.717) is 35.7 Å². The third-order valence-electron chi connectivity index (χ3n) is 7.90. The molecule has 220 valence electrons. The summed E-state index contributed by atoms with van der Waals surface area (Å²) < 4.78 is 11.6. The molecule has 2 unspecified atom stereocenters. The van der Waals surface area contributed by atoms with Crippen molar-refractivity contribution in [3.05, 3.63) is 66.7 Å². The number of aromatic nitrogens is 1. The number of urea groups is 1. The van der Waals surface area contributed by atoms with Gasteiger partial charge in [-0.15, -0.1) is 0 Å². The Morgan fingerprint density at radius 2 is 1.95 bits per heavy atom. The SMILES string of the molecule is COc1ccc2c(OCCC3NC(=O)N(C)CCCC/C=C\C4C[C@@]4(C(=O)O)NC3=O)cc(-c3ccccc3)nc2c1. The van der Waals surface area contributed by atoms with E-state index in [9.17, 15) is 19.5 Å². The van der Waals surface area contributed by atoms with Crippen LogP contribution in [-0.2, 0) is 9.59 Å². The Hall–Kier alpha value is -4.60. The van der Waals surface area contributed by atoms with Crippen LogP contribution in [0.1, 0.15) is 32.1 Å². The number of hydrogen-bond acceptors (Lipinski definition) is 6. The number of nitrogens with one attached hydrogen (secondary N) is 2. The fourth-order valence-electron chi connectivity index (χ4n) is 5.24. The van der Waals surface area contributed by atoms with E-state index in [1.165, 1.54) is 0 Å². The molecule has 1 saturated carbocycles. The zero-order valence-electron chi connectivity index (χ0n) is 23.8. The number of carbonyl (C=O) groups excluding carboxylic acids is 2. The number of amides is 3. The van der Waals surface area contributed by atoms with Gasteiger partial charge in [-0.2, -0.15) is 0 Å². The van der Waals surface area contributed by atoms with Crippen molar-refractivity contribution in [3.8, 4) is 22.8 Å². The Bertz CT molecular complexity index is 1490. The highest BCUT2D eigenvalue weighted by Crippen LogP contribution is 2.45. The molecule has 2 aliphatic rings. The van der Waals surface area contributed by atoms with Gasteiger partial charge >= 0.3 is 12.0 Å². The molecule has 10 heteroatoms. The molecule has 1 fully saturated rings. The highest BCUT2D eigenvalue weighted by atomic mass is 16.5. The van der Waals surface area contributed by atoms with Gasteiger partial charge in [-0.25, -0.2) is 14.6 Å². The first-order valence-corrected chi connectivity index (χ1v) is 14.2. The second-order valence-corrected chi connectivity index (χ2v) is 10.8.